The van der Waals surface area contributed by atoms with Crippen LogP contribution in [0.3, 0.4) is 0 Å². The zero-order chi connectivity index (χ0) is 18.8. The van der Waals surface area contributed by atoms with Crippen LogP contribution in [0.2, 0.25) is 0 Å². The molecule has 0 radical (unpaired) electrons. The first-order valence-electron chi connectivity index (χ1n) is 10.4. The lowest BCUT2D eigenvalue weighted by Gasteiger charge is -2.46. The van der Waals surface area contributed by atoms with Crippen molar-refractivity contribution in [2.24, 2.45) is 0 Å². The lowest BCUT2D eigenvalue weighted by atomic mass is 9.81. The molecule has 2 N–H and O–H groups in total. The first-order chi connectivity index (χ1) is 13.1. The molecule has 3 heteroatoms. The van der Waals surface area contributed by atoms with Gasteiger partial charge in [0.05, 0.1) is 12.1 Å². The van der Waals surface area contributed by atoms with Crippen molar-refractivity contribution in [3.63, 3.8) is 0 Å². The molecular weight excluding hydrogens is 332 g/mol. The molecule has 2 bridgehead atoms. The molecule has 4 atom stereocenters. The van der Waals surface area contributed by atoms with E-state index >= 15 is 0 Å². The predicted octanol–water partition coefficient (Wildman–Crippen LogP) is 3.20. The molecule has 142 valence electrons. The van der Waals surface area contributed by atoms with Crippen molar-refractivity contribution in [3.8, 4) is 0 Å². The first-order valence-corrected chi connectivity index (χ1v) is 10.4. The average molecular weight is 364 g/mol. The maximum atomic E-state index is 12.6. The summed E-state index contributed by atoms with van der Waals surface area (Å²) in [6.45, 7) is 5.32. The van der Waals surface area contributed by atoms with E-state index in [1.165, 1.54) is 36.0 Å². The van der Waals surface area contributed by atoms with Gasteiger partial charge in [-0.3, -0.25) is 4.79 Å². The molecule has 2 heterocycles. The normalized spacial score (nSPS) is 27.2. The van der Waals surface area contributed by atoms with E-state index in [1.54, 1.807) is 4.90 Å². The van der Waals surface area contributed by atoms with Crippen molar-refractivity contribution in [3.05, 3.63) is 70.8 Å². The minimum Gasteiger partial charge on any atom is -0.349 e. The maximum absolute atomic E-state index is 12.6. The van der Waals surface area contributed by atoms with E-state index < -0.39 is 0 Å². The highest BCUT2D eigenvalue weighted by Gasteiger charge is 2.42. The number of benzene rings is 2. The number of piperidine rings is 2. The summed E-state index contributed by atoms with van der Waals surface area (Å²) >= 11 is 0. The van der Waals surface area contributed by atoms with Gasteiger partial charge >= 0.3 is 0 Å². The number of quaternary nitrogens is 1. The quantitative estimate of drug-likeness (QED) is 0.859. The van der Waals surface area contributed by atoms with Crippen molar-refractivity contribution in [1.82, 2.24) is 5.32 Å². The third-order valence-electron chi connectivity index (χ3n) is 6.47. The van der Waals surface area contributed by atoms with Crippen LogP contribution in [0.15, 0.2) is 48.5 Å². The molecule has 0 saturated carbocycles. The molecule has 0 aliphatic carbocycles. The SMILES string of the molecule is Cc1ccc(C[NH+]2[C@@H]3CCC[C@H]2CC(NC(=O)c2ccc(C)cc2)C3)cc1. The second-order valence-corrected chi connectivity index (χ2v) is 8.57. The van der Waals surface area contributed by atoms with Crippen molar-refractivity contribution in [2.45, 2.75) is 70.6 Å². The van der Waals surface area contributed by atoms with Crippen LogP contribution in [0.5, 0.6) is 0 Å². The van der Waals surface area contributed by atoms with Gasteiger partial charge in [-0.25, -0.2) is 0 Å². The third-order valence-corrected chi connectivity index (χ3v) is 6.47. The molecule has 27 heavy (non-hydrogen) atoms. The topological polar surface area (TPSA) is 33.5 Å². The van der Waals surface area contributed by atoms with Gasteiger partial charge in [0.25, 0.3) is 5.91 Å². The van der Waals surface area contributed by atoms with Gasteiger partial charge in [0.2, 0.25) is 0 Å². The van der Waals surface area contributed by atoms with Gasteiger partial charge in [0.1, 0.15) is 6.54 Å². The Bertz CT molecular complexity index is 767. The summed E-state index contributed by atoms with van der Waals surface area (Å²) in [6.07, 6.45) is 6.12. The molecular formula is C24H31N2O+. The van der Waals surface area contributed by atoms with E-state index in [0.29, 0.717) is 18.1 Å². The molecule has 1 amide bonds. The summed E-state index contributed by atoms with van der Waals surface area (Å²) in [6, 6.07) is 18.5. The summed E-state index contributed by atoms with van der Waals surface area (Å²) < 4.78 is 0. The lowest BCUT2D eigenvalue weighted by molar-refractivity contribution is -0.973. The molecule has 3 nitrogen and oxygen atoms in total. The highest BCUT2D eigenvalue weighted by atomic mass is 16.1. The molecule has 2 aliphatic heterocycles. The Hall–Kier alpha value is -2.13. The summed E-state index contributed by atoms with van der Waals surface area (Å²) in [5.74, 6) is 0.0834. The van der Waals surface area contributed by atoms with Gasteiger partial charge in [0, 0.05) is 30.0 Å². The standard InChI is InChI=1S/C24H30N2O/c1-17-6-10-19(11-7-17)16-26-22-4-3-5-23(26)15-21(14-22)25-24(27)20-12-8-18(2)9-13-20/h6-13,21-23H,3-5,14-16H2,1-2H3,(H,25,27)/p+1/t21?,22-,23+. The fraction of sp³-hybridized carbons (Fsp3) is 0.458. The monoisotopic (exact) mass is 363 g/mol. The molecule has 0 aromatic heterocycles. The average Bonchev–Trinajstić information content (AvgIpc) is 2.64. The number of hydrogen-bond acceptors (Lipinski definition) is 1. The summed E-state index contributed by atoms with van der Waals surface area (Å²) in [7, 11) is 0. The Kier molecular flexibility index (Phi) is 5.31. The van der Waals surface area contributed by atoms with Gasteiger partial charge < -0.3 is 10.2 Å². The fourth-order valence-corrected chi connectivity index (χ4v) is 4.96. The Morgan fingerprint density at radius 1 is 0.926 bits per heavy atom. The highest BCUT2D eigenvalue weighted by molar-refractivity contribution is 5.94. The van der Waals surface area contributed by atoms with E-state index in [9.17, 15) is 4.79 Å². The molecule has 2 saturated heterocycles. The van der Waals surface area contributed by atoms with Crippen LogP contribution in [-0.4, -0.2) is 24.0 Å². The molecule has 2 unspecified atom stereocenters. The van der Waals surface area contributed by atoms with Crippen LogP contribution < -0.4 is 10.2 Å². The van der Waals surface area contributed by atoms with Crippen LogP contribution in [-0.2, 0) is 6.54 Å². The molecule has 2 aromatic rings. The minimum absolute atomic E-state index is 0.0834. The van der Waals surface area contributed by atoms with Gasteiger partial charge in [-0.1, -0.05) is 47.5 Å². The first kappa shape index (κ1) is 18.2. The van der Waals surface area contributed by atoms with Crippen molar-refractivity contribution < 1.29 is 9.69 Å². The Labute approximate surface area is 162 Å². The van der Waals surface area contributed by atoms with Gasteiger partial charge in [-0.15, -0.1) is 0 Å². The Balaban J connectivity index is 1.40. The van der Waals surface area contributed by atoms with Crippen molar-refractivity contribution in [1.29, 1.82) is 0 Å². The van der Waals surface area contributed by atoms with E-state index in [1.807, 2.05) is 24.3 Å². The van der Waals surface area contributed by atoms with E-state index in [4.69, 9.17) is 0 Å². The molecule has 2 aliphatic rings. The van der Waals surface area contributed by atoms with Crippen LogP contribution in [0.25, 0.3) is 0 Å². The highest BCUT2D eigenvalue weighted by Crippen LogP contribution is 2.23. The second-order valence-electron chi connectivity index (χ2n) is 8.57. The molecule has 4 rings (SSSR count). The largest absolute Gasteiger partial charge is 0.349 e. The smallest absolute Gasteiger partial charge is 0.251 e. The maximum Gasteiger partial charge on any atom is 0.251 e. The van der Waals surface area contributed by atoms with Gasteiger partial charge in [0.15, 0.2) is 0 Å². The summed E-state index contributed by atoms with van der Waals surface area (Å²) in [5, 5.41) is 3.32. The number of aryl methyl sites for hydroxylation is 2. The number of hydrogen-bond donors (Lipinski definition) is 2. The Morgan fingerprint density at radius 2 is 1.48 bits per heavy atom. The zero-order valence-corrected chi connectivity index (χ0v) is 16.5. The van der Waals surface area contributed by atoms with Crippen LogP contribution in [0.1, 0.15) is 59.2 Å². The van der Waals surface area contributed by atoms with Crippen molar-refractivity contribution in [2.75, 3.05) is 0 Å². The zero-order valence-electron chi connectivity index (χ0n) is 16.5. The van der Waals surface area contributed by atoms with Gasteiger partial charge in [-0.2, -0.15) is 0 Å². The van der Waals surface area contributed by atoms with Crippen LogP contribution in [0.4, 0.5) is 0 Å². The molecule has 0 spiro atoms. The predicted molar refractivity (Wildman–Crippen MR) is 109 cm³/mol. The van der Waals surface area contributed by atoms with Crippen LogP contribution in [0, 0.1) is 13.8 Å². The number of nitrogens with one attached hydrogen (secondary N) is 2. The number of rotatable bonds is 4. The second kappa shape index (κ2) is 7.85. The number of amides is 1. The van der Waals surface area contributed by atoms with E-state index in [-0.39, 0.29) is 5.91 Å². The number of fused-ring (bicyclic) bond motifs is 2. The Morgan fingerprint density at radius 3 is 2.07 bits per heavy atom. The fourth-order valence-electron chi connectivity index (χ4n) is 4.96. The number of carbonyl (C=O) groups is 1. The van der Waals surface area contributed by atoms with Crippen LogP contribution >= 0.6 is 0 Å². The van der Waals surface area contributed by atoms with Gasteiger partial charge in [-0.05, 0) is 45.2 Å². The third kappa shape index (κ3) is 4.24. The van der Waals surface area contributed by atoms with E-state index in [0.717, 1.165) is 24.9 Å². The summed E-state index contributed by atoms with van der Waals surface area (Å²) in [4.78, 5) is 14.4. The molecule has 2 fully saturated rings. The number of carbonyl (C=O) groups excluding carboxylic acids is 1. The molecule has 2 aromatic carbocycles. The lowest BCUT2D eigenvalue weighted by Crippen LogP contribution is -3.20. The minimum atomic E-state index is 0.0834. The van der Waals surface area contributed by atoms with Crippen molar-refractivity contribution >= 4 is 5.91 Å². The summed E-state index contributed by atoms with van der Waals surface area (Å²) in [5.41, 5.74) is 4.73. The van der Waals surface area contributed by atoms with E-state index in [2.05, 4.69) is 43.4 Å².